The Kier molecular flexibility index (Phi) is 6.10. The summed E-state index contributed by atoms with van der Waals surface area (Å²) in [6.07, 6.45) is 1.26. The highest BCUT2D eigenvalue weighted by molar-refractivity contribution is 4.78. The van der Waals surface area contributed by atoms with Crippen molar-refractivity contribution in [3.05, 3.63) is 0 Å². The van der Waals surface area contributed by atoms with Crippen molar-refractivity contribution in [3.8, 4) is 0 Å². The molecule has 14 heavy (non-hydrogen) atoms. The summed E-state index contributed by atoms with van der Waals surface area (Å²) in [4.78, 5) is 2.37. The van der Waals surface area contributed by atoms with Crippen LogP contribution in [0.3, 0.4) is 0 Å². The summed E-state index contributed by atoms with van der Waals surface area (Å²) < 4.78 is 10.3. The topological polar surface area (TPSA) is 33.7 Å². The standard InChI is InChI=1S/C10H22N2O2/c1-12(10-3-4-11-9-10)5-6-14-8-7-13-2/h10-11H,3-9H2,1-2H3. The van der Waals surface area contributed by atoms with Crippen LogP contribution in [0, 0.1) is 0 Å². The molecule has 1 atom stereocenters. The normalized spacial score (nSPS) is 22.1. The summed E-state index contributed by atoms with van der Waals surface area (Å²) in [7, 11) is 3.86. The van der Waals surface area contributed by atoms with E-state index in [1.54, 1.807) is 7.11 Å². The zero-order chi connectivity index (χ0) is 10.2. The third-order valence-electron chi connectivity index (χ3n) is 2.68. The van der Waals surface area contributed by atoms with Gasteiger partial charge in [0, 0.05) is 26.2 Å². The Labute approximate surface area is 86.6 Å². The molecule has 0 amide bonds. The molecule has 0 bridgehead atoms. The second-order valence-corrected chi connectivity index (χ2v) is 3.73. The molecular formula is C10H22N2O2. The molecule has 1 aliphatic heterocycles. The van der Waals surface area contributed by atoms with Crippen molar-refractivity contribution in [2.24, 2.45) is 0 Å². The highest BCUT2D eigenvalue weighted by atomic mass is 16.5. The van der Waals surface area contributed by atoms with E-state index >= 15 is 0 Å². The van der Waals surface area contributed by atoms with Gasteiger partial charge >= 0.3 is 0 Å². The SMILES string of the molecule is COCCOCCN(C)C1CCNC1. The highest BCUT2D eigenvalue weighted by Crippen LogP contribution is 2.04. The van der Waals surface area contributed by atoms with Crippen molar-refractivity contribution in [2.45, 2.75) is 12.5 Å². The summed E-state index contributed by atoms with van der Waals surface area (Å²) in [5, 5.41) is 3.36. The van der Waals surface area contributed by atoms with E-state index in [4.69, 9.17) is 9.47 Å². The van der Waals surface area contributed by atoms with Crippen molar-refractivity contribution in [1.82, 2.24) is 10.2 Å². The Morgan fingerprint density at radius 2 is 2.21 bits per heavy atom. The predicted octanol–water partition coefficient (Wildman–Crippen LogP) is -0.0569. The molecule has 1 rings (SSSR count). The van der Waals surface area contributed by atoms with E-state index in [0.29, 0.717) is 19.3 Å². The molecule has 4 heteroatoms. The van der Waals surface area contributed by atoms with Gasteiger partial charge in [-0.15, -0.1) is 0 Å². The molecule has 0 spiro atoms. The lowest BCUT2D eigenvalue weighted by Crippen LogP contribution is -2.35. The van der Waals surface area contributed by atoms with Crippen LogP contribution in [0.5, 0.6) is 0 Å². The number of ether oxygens (including phenoxy) is 2. The maximum Gasteiger partial charge on any atom is 0.0700 e. The first-order valence-electron chi connectivity index (χ1n) is 5.32. The minimum Gasteiger partial charge on any atom is -0.382 e. The van der Waals surface area contributed by atoms with Gasteiger partial charge in [0.15, 0.2) is 0 Å². The fraction of sp³-hybridized carbons (Fsp3) is 1.00. The number of methoxy groups -OCH3 is 1. The van der Waals surface area contributed by atoms with Gasteiger partial charge in [0.1, 0.15) is 0 Å². The molecule has 0 aromatic heterocycles. The minimum absolute atomic E-state index is 0.689. The van der Waals surface area contributed by atoms with E-state index in [-0.39, 0.29) is 0 Å². The number of nitrogens with zero attached hydrogens (tertiary/aromatic N) is 1. The van der Waals surface area contributed by atoms with E-state index in [1.165, 1.54) is 6.42 Å². The summed E-state index contributed by atoms with van der Waals surface area (Å²) in [6, 6.07) is 0.695. The lowest BCUT2D eigenvalue weighted by molar-refractivity contribution is 0.0560. The molecule has 0 aliphatic carbocycles. The van der Waals surface area contributed by atoms with Crippen LogP contribution in [0.1, 0.15) is 6.42 Å². The van der Waals surface area contributed by atoms with Crippen LogP contribution in [0.25, 0.3) is 0 Å². The van der Waals surface area contributed by atoms with Crippen molar-refractivity contribution in [1.29, 1.82) is 0 Å². The van der Waals surface area contributed by atoms with Crippen molar-refractivity contribution >= 4 is 0 Å². The molecule has 1 aliphatic rings. The number of likely N-dealkylation sites (N-methyl/N-ethyl adjacent to an activating group) is 1. The first kappa shape index (κ1) is 11.9. The van der Waals surface area contributed by atoms with Gasteiger partial charge in [-0.25, -0.2) is 0 Å². The maximum absolute atomic E-state index is 5.42. The molecule has 0 aromatic carbocycles. The highest BCUT2D eigenvalue weighted by Gasteiger charge is 2.18. The van der Waals surface area contributed by atoms with Gasteiger partial charge in [0.2, 0.25) is 0 Å². The molecule has 1 heterocycles. The van der Waals surface area contributed by atoms with Gasteiger partial charge in [0.05, 0.1) is 19.8 Å². The minimum atomic E-state index is 0.689. The zero-order valence-electron chi connectivity index (χ0n) is 9.29. The first-order valence-corrected chi connectivity index (χ1v) is 5.32. The summed E-state index contributed by atoms with van der Waals surface area (Å²) in [6.45, 7) is 5.47. The number of hydrogen-bond acceptors (Lipinski definition) is 4. The van der Waals surface area contributed by atoms with E-state index < -0.39 is 0 Å². The van der Waals surface area contributed by atoms with Crippen LogP contribution in [0.4, 0.5) is 0 Å². The molecule has 0 aromatic rings. The van der Waals surface area contributed by atoms with Crippen molar-refractivity contribution in [3.63, 3.8) is 0 Å². The summed E-state index contributed by atoms with van der Waals surface area (Å²) >= 11 is 0. The fourth-order valence-corrected chi connectivity index (χ4v) is 1.65. The molecular weight excluding hydrogens is 180 g/mol. The molecule has 0 saturated carbocycles. The smallest absolute Gasteiger partial charge is 0.0700 e. The molecule has 4 nitrogen and oxygen atoms in total. The molecule has 1 unspecified atom stereocenters. The Morgan fingerprint density at radius 3 is 2.86 bits per heavy atom. The van der Waals surface area contributed by atoms with Crippen LogP contribution in [-0.4, -0.2) is 64.6 Å². The molecule has 1 fully saturated rings. The quantitative estimate of drug-likeness (QED) is 0.587. The number of hydrogen-bond donors (Lipinski definition) is 1. The average Bonchev–Trinajstić information content (AvgIpc) is 2.70. The van der Waals surface area contributed by atoms with Gasteiger partial charge in [-0.3, -0.25) is 4.90 Å². The van der Waals surface area contributed by atoms with Gasteiger partial charge in [-0.1, -0.05) is 0 Å². The Morgan fingerprint density at radius 1 is 1.36 bits per heavy atom. The predicted molar refractivity (Wildman–Crippen MR) is 56.6 cm³/mol. The van der Waals surface area contributed by atoms with Gasteiger partial charge in [0.25, 0.3) is 0 Å². The van der Waals surface area contributed by atoms with Crippen LogP contribution >= 0.6 is 0 Å². The third-order valence-corrected chi connectivity index (χ3v) is 2.68. The Hall–Kier alpha value is -0.160. The van der Waals surface area contributed by atoms with Crippen LogP contribution in [-0.2, 0) is 9.47 Å². The van der Waals surface area contributed by atoms with Gasteiger partial charge in [-0.2, -0.15) is 0 Å². The van der Waals surface area contributed by atoms with Crippen molar-refractivity contribution < 1.29 is 9.47 Å². The molecule has 0 radical (unpaired) electrons. The lowest BCUT2D eigenvalue weighted by atomic mass is 10.2. The lowest BCUT2D eigenvalue weighted by Gasteiger charge is -2.23. The summed E-state index contributed by atoms with van der Waals surface area (Å²) in [5.74, 6) is 0. The molecule has 84 valence electrons. The first-order chi connectivity index (χ1) is 6.84. The Bertz CT molecular complexity index is 138. The average molecular weight is 202 g/mol. The van der Waals surface area contributed by atoms with E-state index in [0.717, 1.165) is 26.2 Å². The monoisotopic (exact) mass is 202 g/mol. The second-order valence-electron chi connectivity index (χ2n) is 3.73. The second kappa shape index (κ2) is 7.17. The van der Waals surface area contributed by atoms with Crippen molar-refractivity contribution in [2.75, 3.05) is 53.6 Å². The van der Waals surface area contributed by atoms with Gasteiger partial charge in [-0.05, 0) is 20.0 Å². The molecule has 1 N–H and O–H groups in total. The third kappa shape index (κ3) is 4.37. The fourth-order valence-electron chi connectivity index (χ4n) is 1.65. The number of nitrogens with one attached hydrogen (secondary N) is 1. The largest absolute Gasteiger partial charge is 0.382 e. The number of rotatable bonds is 7. The van der Waals surface area contributed by atoms with Crippen LogP contribution in [0.15, 0.2) is 0 Å². The van der Waals surface area contributed by atoms with Gasteiger partial charge < -0.3 is 14.8 Å². The van der Waals surface area contributed by atoms with E-state index in [9.17, 15) is 0 Å². The van der Waals surface area contributed by atoms with Crippen LogP contribution in [0.2, 0.25) is 0 Å². The summed E-state index contributed by atoms with van der Waals surface area (Å²) in [5.41, 5.74) is 0. The Balaban J connectivity index is 1.94. The maximum atomic E-state index is 5.42. The molecule has 1 saturated heterocycles. The van der Waals surface area contributed by atoms with E-state index in [1.807, 2.05) is 0 Å². The zero-order valence-corrected chi connectivity index (χ0v) is 9.29. The van der Waals surface area contributed by atoms with Crippen LogP contribution < -0.4 is 5.32 Å². The van der Waals surface area contributed by atoms with E-state index in [2.05, 4.69) is 17.3 Å².